The molecule has 2 aromatic rings. The number of carboxylic acid groups (broad SMARTS) is 1. The van der Waals surface area contributed by atoms with Gasteiger partial charge in [-0.1, -0.05) is 12.1 Å². The molecule has 21 heavy (non-hydrogen) atoms. The quantitative estimate of drug-likeness (QED) is 0.906. The van der Waals surface area contributed by atoms with E-state index < -0.39 is 23.5 Å². The van der Waals surface area contributed by atoms with Gasteiger partial charge in [-0.3, -0.25) is 4.79 Å². The van der Waals surface area contributed by atoms with Gasteiger partial charge in [-0.25, -0.2) is 18.3 Å². The van der Waals surface area contributed by atoms with Gasteiger partial charge in [-0.15, -0.1) is 0 Å². The molecule has 5 nitrogen and oxygen atoms in total. The number of carbonyl (C=O) groups is 1. The van der Waals surface area contributed by atoms with Crippen LogP contribution in [0, 0.1) is 12.7 Å². The molecular weight excluding hydrogens is 282 g/mol. The molecule has 0 amide bonds. The minimum Gasteiger partial charge on any atom is -0.478 e. The zero-order chi connectivity index (χ0) is 15.7. The minimum absolute atomic E-state index is 0.0244. The summed E-state index contributed by atoms with van der Waals surface area (Å²) in [5, 5.41) is 9.00. The fourth-order valence-electron chi connectivity index (χ4n) is 2.20. The maximum absolute atomic E-state index is 13.9. The summed E-state index contributed by atoms with van der Waals surface area (Å²) in [5.74, 6) is -2.10. The van der Waals surface area contributed by atoms with E-state index in [0.717, 1.165) is 10.7 Å². The number of alkyl halides is 1. The van der Waals surface area contributed by atoms with Crippen LogP contribution in [0.4, 0.5) is 8.78 Å². The van der Waals surface area contributed by atoms with Crippen LogP contribution in [0.15, 0.2) is 23.0 Å². The van der Waals surface area contributed by atoms with Crippen molar-refractivity contribution in [2.75, 3.05) is 12.0 Å². The van der Waals surface area contributed by atoms with Crippen LogP contribution in [-0.2, 0) is 0 Å². The summed E-state index contributed by atoms with van der Waals surface area (Å²) in [6, 6.07) is 3.79. The van der Waals surface area contributed by atoms with Crippen LogP contribution in [0.3, 0.4) is 0 Å². The van der Waals surface area contributed by atoms with E-state index in [-0.39, 0.29) is 28.6 Å². The first-order valence-electron chi connectivity index (χ1n) is 6.29. The van der Waals surface area contributed by atoms with Gasteiger partial charge in [0, 0.05) is 5.39 Å². The van der Waals surface area contributed by atoms with Crippen molar-refractivity contribution in [3.8, 4) is 0 Å². The number of fused-ring (bicyclic) bond motifs is 1. The summed E-state index contributed by atoms with van der Waals surface area (Å²) in [6.45, 7) is 2.50. The van der Waals surface area contributed by atoms with Crippen molar-refractivity contribution < 1.29 is 18.7 Å². The average Bonchev–Trinajstić information content (AvgIpc) is 2.37. The van der Waals surface area contributed by atoms with E-state index in [1.165, 1.54) is 26.0 Å². The molecule has 0 saturated heterocycles. The molecule has 0 aliphatic heterocycles. The van der Waals surface area contributed by atoms with Crippen LogP contribution in [0.25, 0.3) is 10.8 Å². The summed E-state index contributed by atoms with van der Waals surface area (Å²) < 4.78 is 27.7. The van der Waals surface area contributed by atoms with Gasteiger partial charge in [0.25, 0.3) is 5.56 Å². The molecule has 0 saturated carbocycles. The van der Waals surface area contributed by atoms with Crippen molar-refractivity contribution in [1.82, 2.24) is 4.68 Å². The maximum Gasteiger partial charge on any atom is 0.338 e. The van der Waals surface area contributed by atoms with Crippen LogP contribution in [-0.4, -0.2) is 28.5 Å². The van der Waals surface area contributed by atoms with Crippen molar-refractivity contribution in [3.05, 3.63) is 45.6 Å². The van der Waals surface area contributed by atoms with Crippen LogP contribution in [0.5, 0.6) is 0 Å². The fraction of sp³-hybridized carbons (Fsp3) is 0.286. The Bertz CT molecular complexity index is 769. The van der Waals surface area contributed by atoms with Crippen LogP contribution >= 0.6 is 0 Å². The molecule has 0 aliphatic rings. The minimum atomic E-state index is -1.29. The van der Waals surface area contributed by atoms with Crippen molar-refractivity contribution in [2.45, 2.75) is 20.0 Å². The Hall–Kier alpha value is -2.44. The number of pyridine rings is 1. The SMILES string of the molecule is Cc1c(C(=O)O)c2cccc(F)c2c(=O)n1NCC(C)F. The lowest BCUT2D eigenvalue weighted by atomic mass is 10.0. The number of aromatic nitrogens is 1. The van der Waals surface area contributed by atoms with Crippen LogP contribution < -0.4 is 11.0 Å². The van der Waals surface area contributed by atoms with Crippen LogP contribution in [0.2, 0.25) is 0 Å². The Morgan fingerprint density at radius 1 is 1.48 bits per heavy atom. The lowest BCUT2D eigenvalue weighted by Crippen LogP contribution is -2.35. The van der Waals surface area contributed by atoms with Gasteiger partial charge in [-0.2, -0.15) is 0 Å². The van der Waals surface area contributed by atoms with E-state index >= 15 is 0 Å². The maximum atomic E-state index is 13.9. The fourth-order valence-corrected chi connectivity index (χ4v) is 2.20. The molecule has 2 rings (SSSR count). The second-order valence-electron chi connectivity index (χ2n) is 4.71. The molecule has 7 heteroatoms. The predicted octanol–water partition coefficient (Wildman–Crippen LogP) is 2.05. The molecule has 1 aromatic carbocycles. The average molecular weight is 296 g/mol. The third-order valence-corrected chi connectivity index (χ3v) is 3.14. The molecule has 0 bridgehead atoms. The Labute approximate surface area is 118 Å². The van der Waals surface area contributed by atoms with Crippen molar-refractivity contribution >= 4 is 16.7 Å². The number of rotatable bonds is 4. The highest BCUT2D eigenvalue weighted by Gasteiger charge is 2.21. The zero-order valence-corrected chi connectivity index (χ0v) is 11.5. The summed E-state index contributed by atoms with van der Waals surface area (Å²) in [6.07, 6.45) is -1.25. The van der Waals surface area contributed by atoms with E-state index in [4.69, 9.17) is 0 Å². The normalized spacial score (nSPS) is 12.4. The third-order valence-electron chi connectivity index (χ3n) is 3.14. The molecule has 0 spiro atoms. The highest BCUT2D eigenvalue weighted by atomic mass is 19.1. The van der Waals surface area contributed by atoms with Gasteiger partial charge in [0.05, 0.1) is 23.2 Å². The molecule has 1 aromatic heterocycles. The molecule has 0 fully saturated rings. The molecule has 1 heterocycles. The Balaban J connectivity index is 2.84. The summed E-state index contributed by atoms with van der Waals surface area (Å²) >= 11 is 0. The second-order valence-corrected chi connectivity index (χ2v) is 4.71. The van der Waals surface area contributed by atoms with Crippen LogP contribution in [0.1, 0.15) is 23.0 Å². The highest BCUT2D eigenvalue weighted by Crippen LogP contribution is 2.21. The lowest BCUT2D eigenvalue weighted by Gasteiger charge is -2.17. The van der Waals surface area contributed by atoms with E-state index in [0.29, 0.717) is 0 Å². The number of carboxylic acids is 1. The molecule has 0 aliphatic carbocycles. The summed E-state index contributed by atoms with van der Waals surface area (Å²) in [7, 11) is 0. The smallest absolute Gasteiger partial charge is 0.338 e. The lowest BCUT2D eigenvalue weighted by molar-refractivity contribution is 0.0697. The number of halogens is 2. The number of aromatic carboxylic acids is 1. The Morgan fingerprint density at radius 3 is 2.71 bits per heavy atom. The molecule has 112 valence electrons. The molecular formula is C14H14F2N2O3. The number of nitrogens with zero attached hydrogens (tertiary/aromatic N) is 1. The highest BCUT2D eigenvalue weighted by molar-refractivity contribution is 6.04. The largest absolute Gasteiger partial charge is 0.478 e. The van der Waals surface area contributed by atoms with Gasteiger partial charge in [-0.05, 0) is 19.9 Å². The van der Waals surface area contributed by atoms with Crippen molar-refractivity contribution in [2.24, 2.45) is 0 Å². The van der Waals surface area contributed by atoms with E-state index in [9.17, 15) is 23.5 Å². The molecule has 0 radical (unpaired) electrons. The van der Waals surface area contributed by atoms with Gasteiger partial charge in [0.1, 0.15) is 12.0 Å². The Morgan fingerprint density at radius 2 is 2.14 bits per heavy atom. The standard InChI is InChI=1S/C14H14F2N2O3/c1-7(15)6-17-18-8(2)11(14(20)21)9-4-3-5-10(16)12(9)13(18)19/h3-5,7,17H,6H2,1-2H3,(H,20,21). The number of hydrogen-bond donors (Lipinski definition) is 2. The summed E-state index contributed by atoms with van der Waals surface area (Å²) in [5.41, 5.74) is 1.65. The monoisotopic (exact) mass is 296 g/mol. The van der Waals surface area contributed by atoms with Gasteiger partial charge in [0.2, 0.25) is 0 Å². The second kappa shape index (κ2) is 5.51. The van der Waals surface area contributed by atoms with Gasteiger partial charge in [0.15, 0.2) is 0 Å². The molecule has 2 N–H and O–H groups in total. The number of benzene rings is 1. The van der Waals surface area contributed by atoms with Crippen molar-refractivity contribution in [1.29, 1.82) is 0 Å². The first kappa shape index (κ1) is 15.0. The summed E-state index contributed by atoms with van der Waals surface area (Å²) in [4.78, 5) is 23.7. The first-order chi connectivity index (χ1) is 9.84. The number of nitrogens with one attached hydrogen (secondary N) is 1. The molecule has 1 unspecified atom stereocenters. The topological polar surface area (TPSA) is 71.3 Å². The first-order valence-corrected chi connectivity index (χ1v) is 6.29. The predicted molar refractivity (Wildman–Crippen MR) is 74.7 cm³/mol. The van der Waals surface area contributed by atoms with E-state index in [1.54, 1.807) is 0 Å². The van der Waals surface area contributed by atoms with Gasteiger partial charge >= 0.3 is 5.97 Å². The van der Waals surface area contributed by atoms with Gasteiger partial charge < -0.3 is 10.5 Å². The Kier molecular flexibility index (Phi) is 3.93. The van der Waals surface area contributed by atoms with Crippen molar-refractivity contribution in [3.63, 3.8) is 0 Å². The molecule has 1 atom stereocenters. The van der Waals surface area contributed by atoms with E-state index in [1.807, 2.05) is 0 Å². The zero-order valence-electron chi connectivity index (χ0n) is 11.5. The van der Waals surface area contributed by atoms with E-state index in [2.05, 4.69) is 5.43 Å². The number of hydrogen-bond acceptors (Lipinski definition) is 3. The third kappa shape index (κ3) is 2.58.